The lowest BCUT2D eigenvalue weighted by molar-refractivity contribution is 0.478. The summed E-state index contributed by atoms with van der Waals surface area (Å²) >= 11 is 0. The van der Waals surface area contributed by atoms with E-state index in [1.807, 2.05) is 30.3 Å². The van der Waals surface area contributed by atoms with Crippen LogP contribution in [-0.2, 0) is 10.0 Å². The maximum absolute atomic E-state index is 11.7. The fourth-order valence-electron chi connectivity index (χ4n) is 1.85. The van der Waals surface area contributed by atoms with E-state index in [1.54, 1.807) is 6.92 Å². The van der Waals surface area contributed by atoms with E-state index in [-0.39, 0.29) is 11.3 Å². The molecule has 1 fully saturated rings. The molecule has 1 saturated heterocycles. The summed E-state index contributed by atoms with van der Waals surface area (Å²) in [6.45, 7) is 1.75. The Hall–Kier alpha value is -0.870. The molecule has 1 aliphatic rings. The standard InChI is InChI=1S/C11H15NO2S/c1-9-7-8-11(12-15(9,13)14)10-5-3-2-4-6-10/h2-6,9,11-12H,7-8H2,1H3/t9-,11+/m0/s1. The fourth-order valence-corrected chi connectivity index (χ4v) is 3.18. The topological polar surface area (TPSA) is 46.2 Å². The minimum absolute atomic E-state index is 0.0487. The first kappa shape index (κ1) is 10.6. The van der Waals surface area contributed by atoms with Crippen molar-refractivity contribution in [3.8, 4) is 0 Å². The van der Waals surface area contributed by atoms with Gasteiger partial charge in [-0.05, 0) is 25.3 Å². The molecule has 0 radical (unpaired) electrons. The largest absolute Gasteiger partial charge is 0.214 e. The predicted octanol–water partition coefficient (Wildman–Crippen LogP) is 1.83. The Balaban J connectivity index is 2.21. The molecular formula is C11H15NO2S. The van der Waals surface area contributed by atoms with Crippen molar-refractivity contribution in [1.82, 2.24) is 4.72 Å². The minimum atomic E-state index is -3.11. The van der Waals surface area contributed by atoms with Crippen LogP contribution in [0.3, 0.4) is 0 Å². The number of hydrogen-bond donors (Lipinski definition) is 1. The van der Waals surface area contributed by atoms with Crippen LogP contribution in [0.4, 0.5) is 0 Å². The molecule has 2 rings (SSSR count). The van der Waals surface area contributed by atoms with Gasteiger partial charge in [-0.3, -0.25) is 0 Å². The number of nitrogens with one attached hydrogen (secondary N) is 1. The SMILES string of the molecule is C[C@H]1CC[C@H](c2ccccc2)NS1(=O)=O. The third kappa shape index (κ3) is 2.21. The first-order valence-corrected chi connectivity index (χ1v) is 6.70. The Morgan fingerprint density at radius 2 is 1.87 bits per heavy atom. The van der Waals surface area contributed by atoms with Gasteiger partial charge in [-0.25, -0.2) is 13.1 Å². The van der Waals surface area contributed by atoms with Gasteiger partial charge in [0.1, 0.15) is 0 Å². The maximum atomic E-state index is 11.7. The van der Waals surface area contributed by atoms with Gasteiger partial charge in [0.2, 0.25) is 10.0 Å². The van der Waals surface area contributed by atoms with Crippen LogP contribution < -0.4 is 4.72 Å². The van der Waals surface area contributed by atoms with Crippen molar-refractivity contribution >= 4 is 10.0 Å². The highest BCUT2D eigenvalue weighted by molar-refractivity contribution is 7.90. The Labute approximate surface area is 90.6 Å². The van der Waals surface area contributed by atoms with Crippen molar-refractivity contribution in [3.05, 3.63) is 35.9 Å². The summed E-state index contributed by atoms with van der Waals surface area (Å²) in [5.41, 5.74) is 1.05. The van der Waals surface area contributed by atoms with E-state index in [4.69, 9.17) is 0 Å². The van der Waals surface area contributed by atoms with Crippen molar-refractivity contribution in [3.63, 3.8) is 0 Å². The van der Waals surface area contributed by atoms with Gasteiger partial charge in [0.05, 0.1) is 5.25 Å². The van der Waals surface area contributed by atoms with E-state index < -0.39 is 10.0 Å². The van der Waals surface area contributed by atoms with Crippen LogP contribution in [0.5, 0.6) is 0 Å². The molecule has 15 heavy (non-hydrogen) atoms. The van der Waals surface area contributed by atoms with Gasteiger partial charge >= 0.3 is 0 Å². The van der Waals surface area contributed by atoms with Gasteiger partial charge in [-0.15, -0.1) is 0 Å². The second-order valence-corrected chi connectivity index (χ2v) is 6.14. The summed E-state index contributed by atoms with van der Waals surface area (Å²) in [6.07, 6.45) is 1.61. The van der Waals surface area contributed by atoms with E-state index in [1.165, 1.54) is 0 Å². The average molecular weight is 225 g/mol. The van der Waals surface area contributed by atoms with Gasteiger partial charge in [0, 0.05) is 6.04 Å². The Bertz CT molecular complexity index is 427. The summed E-state index contributed by atoms with van der Waals surface area (Å²) in [6, 6.07) is 9.67. The summed E-state index contributed by atoms with van der Waals surface area (Å²) in [7, 11) is -3.11. The molecule has 1 N–H and O–H groups in total. The van der Waals surface area contributed by atoms with E-state index in [0.717, 1.165) is 18.4 Å². The Morgan fingerprint density at radius 1 is 1.20 bits per heavy atom. The third-order valence-electron chi connectivity index (χ3n) is 2.90. The lowest BCUT2D eigenvalue weighted by Crippen LogP contribution is -2.40. The highest BCUT2D eigenvalue weighted by Gasteiger charge is 2.30. The molecule has 3 nitrogen and oxygen atoms in total. The van der Waals surface area contributed by atoms with Crippen LogP contribution in [0.15, 0.2) is 30.3 Å². The summed E-state index contributed by atoms with van der Waals surface area (Å²) in [5, 5.41) is -0.266. The maximum Gasteiger partial charge on any atom is 0.214 e. The molecule has 1 aliphatic heterocycles. The molecule has 0 aromatic heterocycles. The average Bonchev–Trinajstić information content (AvgIpc) is 2.23. The molecule has 1 aromatic carbocycles. The first-order valence-electron chi connectivity index (χ1n) is 5.16. The lowest BCUT2D eigenvalue weighted by Gasteiger charge is -2.27. The highest BCUT2D eigenvalue weighted by atomic mass is 32.2. The molecule has 2 atom stereocenters. The van der Waals surface area contributed by atoms with E-state index >= 15 is 0 Å². The normalized spacial score (nSPS) is 29.9. The highest BCUT2D eigenvalue weighted by Crippen LogP contribution is 2.27. The van der Waals surface area contributed by atoms with Crippen LogP contribution >= 0.6 is 0 Å². The smallest absolute Gasteiger partial charge is 0.212 e. The molecule has 0 saturated carbocycles. The Kier molecular flexibility index (Phi) is 2.80. The number of sulfonamides is 1. The summed E-state index contributed by atoms with van der Waals surface area (Å²) in [5.74, 6) is 0. The van der Waals surface area contributed by atoms with Crippen LogP contribution in [0.2, 0.25) is 0 Å². The zero-order chi connectivity index (χ0) is 10.9. The minimum Gasteiger partial charge on any atom is -0.212 e. The molecule has 1 heterocycles. The molecule has 1 aromatic rings. The van der Waals surface area contributed by atoms with Crippen molar-refractivity contribution in [2.45, 2.75) is 31.1 Å². The van der Waals surface area contributed by atoms with Gasteiger partial charge in [0.15, 0.2) is 0 Å². The fraction of sp³-hybridized carbons (Fsp3) is 0.455. The van der Waals surface area contributed by atoms with Crippen LogP contribution in [-0.4, -0.2) is 13.7 Å². The monoisotopic (exact) mass is 225 g/mol. The second kappa shape index (κ2) is 3.94. The Morgan fingerprint density at radius 3 is 2.47 bits per heavy atom. The van der Waals surface area contributed by atoms with Crippen LogP contribution in [0.1, 0.15) is 31.4 Å². The predicted molar refractivity (Wildman–Crippen MR) is 59.9 cm³/mol. The van der Waals surface area contributed by atoms with Crippen LogP contribution in [0, 0.1) is 0 Å². The van der Waals surface area contributed by atoms with Crippen molar-refractivity contribution in [2.24, 2.45) is 0 Å². The number of rotatable bonds is 1. The quantitative estimate of drug-likeness (QED) is 0.792. The number of benzene rings is 1. The summed E-state index contributed by atoms with van der Waals surface area (Å²) in [4.78, 5) is 0. The third-order valence-corrected chi connectivity index (χ3v) is 4.81. The molecule has 0 amide bonds. The van der Waals surface area contributed by atoms with E-state index in [9.17, 15) is 8.42 Å². The molecule has 0 unspecified atom stereocenters. The molecule has 0 bridgehead atoms. The molecular weight excluding hydrogens is 210 g/mol. The van der Waals surface area contributed by atoms with E-state index in [0.29, 0.717) is 0 Å². The molecule has 0 spiro atoms. The zero-order valence-corrected chi connectivity index (χ0v) is 9.50. The van der Waals surface area contributed by atoms with Gasteiger partial charge < -0.3 is 0 Å². The van der Waals surface area contributed by atoms with Gasteiger partial charge in [-0.1, -0.05) is 30.3 Å². The molecule has 4 heteroatoms. The van der Waals surface area contributed by atoms with Crippen LogP contribution in [0.25, 0.3) is 0 Å². The lowest BCUT2D eigenvalue weighted by atomic mass is 10.0. The van der Waals surface area contributed by atoms with Crippen molar-refractivity contribution in [1.29, 1.82) is 0 Å². The second-order valence-electron chi connectivity index (χ2n) is 4.01. The number of hydrogen-bond acceptors (Lipinski definition) is 2. The first-order chi connectivity index (χ1) is 7.09. The van der Waals surface area contributed by atoms with Gasteiger partial charge in [0.25, 0.3) is 0 Å². The summed E-state index contributed by atoms with van der Waals surface area (Å²) < 4.78 is 26.0. The van der Waals surface area contributed by atoms with Gasteiger partial charge in [-0.2, -0.15) is 0 Å². The van der Waals surface area contributed by atoms with Crippen molar-refractivity contribution < 1.29 is 8.42 Å². The van der Waals surface area contributed by atoms with E-state index in [2.05, 4.69) is 4.72 Å². The zero-order valence-electron chi connectivity index (χ0n) is 8.68. The molecule has 82 valence electrons. The molecule has 0 aliphatic carbocycles. The van der Waals surface area contributed by atoms with Crippen molar-refractivity contribution in [2.75, 3.05) is 0 Å².